The van der Waals surface area contributed by atoms with Crippen molar-refractivity contribution in [3.63, 3.8) is 0 Å². The number of nitrogens with zero attached hydrogens (tertiary/aromatic N) is 2. The molecule has 1 heterocycles. The Kier molecular flexibility index (Phi) is 3.24. The molecule has 0 bridgehead atoms. The van der Waals surface area contributed by atoms with Gasteiger partial charge in [0.05, 0.1) is 10.6 Å². The van der Waals surface area contributed by atoms with E-state index in [4.69, 9.17) is 9.66 Å². The molecule has 2 rings (SSSR count). The quantitative estimate of drug-likeness (QED) is 0.788. The van der Waals surface area contributed by atoms with Crippen LogP contribution in [0.3, 0.4) is 0 Å². The third-order valence-electron chi connectivity index (χ3n) is 2.67. The number of hydrogen-bond acceptors (Lipinski definition) is 4. The predicted octanol–water partition coefficient (Wildman–Crippen LogP) is 0.720. The van der Waals surface area contributed by atoms with E-state index >= 15 is 0 Å². The number of aromatic nitrogens is 2. The second kappa shape index (κ2) is 4.62. The highest BCUT2D eigenvalue weighted by Crippen LogP contribution is 2.17. The van der Waals surface area contributed by atoms with Crippen LogP contribution in [0.1, 0.15) is 5.56 Å². The Morgan fingerprint density at radius 1 is 1.25 bits per heavy atom. The smallest absolute Gasteiger partial charge is 0.431 e. The molecule has 20 heavy (non-hydrogen) atoms. The van der Waals surface area contributed by atoms with E-state index in [0.29, 0.717) is 10.2 Å². The minimum atomic E-state index is -4.36. The van der Waals surface area contributed by atoms with Gasteiger partial charge in [0.15, 0.2) is 0 Å². The molecule has 0 aliphatic carbocycles. The lowest BCUT2D eigenvalue weighted by Gasteiger charge is -2.11. The van der Waals surface area contributed by atoms with Crippen LogP contribution in [0.2, 0.25) is 0 Å². The zero-order valence-electron chi connectivity index (χ0n) is 10.2. The van der Waals surface area contributed by atoms with Crippen LogP contribution < -0.4 is 5.56 Å². The fourth-order valence-corrected chi connectivity index (χ4v) is 2.35. The molecule has 2 aromatic rings. The molecule has 0 aliphatic heterocycles. The highest BCUT2D eigenvalue weighted by molar-refractivity contribution is 7.85. The zero-order valence-corrected chi connectivity index (χ0v) is 11.0. The first-order chi connectivity index (χ1) is 9.21. The van der Waals surface area contributed by atoms with Crippen LogP contribution in [-0.2, 0) is 10.1 Å². The van der Waals surface area contributed by atoms with Crippen molar-refractivity contribution < 1.29 is 22.9 Å². The van der Waals surface area contributed by atoms with E-state index in [9.17, 15) is 18.0 Å². The molecule has 0 fully saturated rings. The van der Waals surface area contributed by atoms with Gasteiger partial charge in [-0.2, -0.15) is 13.1 Å². The average Bonchev–Trinajstić information content (AvgIpc) is 2.70. The van der Waals surface area contributed by atoms with Gasteiger partial charge in [-0.05, 0) is 30.7 Å². The third-order valence-corrected chi connectivity index (χ3v) is 3.52. The normalized spacial score (nSPS) is 11.5. The molecule has 0 radical (unpaired) electrons. The predicted molar refractivity (Wildman–Crippen MR) is 68.0 cm³/mol. The first-order valence-corrected chi connectivity index (χ1v) is 6.78. The molecule has 8 nitrogen and oxygen atoms in total. The monoisotopic (exact) mass is 298 g/mol. The molecule has 106 valence electrons. The topological polar surface area (TPSA) is 119 Å². The van der Waals surface area contributed by atoms with Crippen LogP contribution in [0, 0.1) is 6.92 Å². The number of hydrogen-bond donors (Lipinski definition) is 2. The molecule has 0 atom stereocenters. The lowest BCUT2D eigenvalue weighted by molar-refractivity contribution is 0.190. The Bertz CT molecular complexity index is 846. The number of carbonyl (C=O) groups is 1. The van der Waals surface area contributed by atoms with E-state index in [1.165, 1.54) is 13.0 Å². The summed E-state index contributed by atoms with van der Waals surface area (Å²) in [5.41, 5.74) is -0.0478. The molecule has 0 unspecified atom stereocenters. The van der Waals surface area contributed by atoms with Gasteiger partial charge >= 0.3 is 6.09 Å². The molecule has 2 N–H and O–H groups in total. The molecule has 0 amide bonds. The first-order valence-electron chi connectivity index (χ1n) is 5.34. The van der Waals surface area contributed by atoms with Crippen LogP contribution in [0.25, 0.3) is 5.69 Å². The Morgan fingerprint density at radius 2 is 1.90 bits per heavy atom. The minimum Gasteiger partial charge on any atom is -0.463 e. The molecule has 0 spiro atoms. The van der Waals surface area contributed by atoms with Crippen LogP contribution in [0.15, 0.2) is 40.2 Å². The van der Waals surface area contributed by atoms with E-state index in [1.54, 1.807) is 0 Å². The maximum absolute atomic E-state index is 11.7. The fourth-order valence-electron chi connectivity index (χ4n) is 1.79. The third kappa shape index (κ3) is 2.36. The minimum absolute atomic E-state index is 0.204. The summed E-state index contributed by atoms with van der Waals surface area (Å²) < 4.78 is 32.5. The van der Waals surface area contributed by atoms with Crippen LogP contribution in [0.4, 0.5) is 4.79 Å². The second-order valence-corrected chi connectivity index (χ2v) is 5.44. The Balaban J connectivity index is 2.70. The summed E-state index contributed by atoms with van der Waals surface area (Å²) in [6.45, 7) is 1.50. The van der Waals surface area contributed by atoms with Gasteiger partial charge in [0.25, 0.3) is 15.7 Å². The zero-order chi connectivity index (χ0) is 15.1. The molecular formula is C11H10N2O6S. The van der Waals surface area contributed by atoms with Crippen molar-refractivity contribution in [3.05, 3.63) is 46.4 Å². The van der Waals surface area contributed by atoms with Gasteiger partial charge in [-0.1, -0.05) is 0 Å². The van der Waals surface area contributed by atoms with Crippen LogP contribution in [0.5, 0.6) is 0 Å². The van der Waals surface area contributed by atoms with Crippen LogP contribution in [-0.4, -0.2) is 33.5 Å². The molecule has 0 aliphatic rings. The summed E-state index contributed by atoms with van der Waals surface area (Å²) >= 11 is 0. The van der Waals surface area contributed by atoms with Crippen molar-refractivity contribution in [2.75, 3.05) is 0 Å². The molecule has 1 aromatic carbocycles. The van der Waals surface area contributed by atoms with Gasteiger partial charge in [0.2, 0.25) is 0 Å². The van der Waals surface area contributed by atoms with Crippen LogP contribution >= 0.6 is 0 Å². The van der Waals surface area contributed by atoms with E-state index in [2.05, 4.69) is 0 Å². The summed E-state index contributed by atoms with van der Waals surface area (Å²) in [6, 6.07) is 4.56. The molecule has 1 aromatic heterocycles. The van der Waals surface area contributed by atoms with Crippen molar-refractivity contribution in [1.29, 1.82) is 0 Å². The number of benzene rings is 1. The molecule has 9 heteroatoms. The summed E-state index contributed by atoms with van der Waals surface area (Å²) in [6.07, 6.45) is -0.272. The molecule has 0 saturated carbocycles. The van der Waals surface area contributed by atoms with E-state index in [1.807, 2.05) is 0 Å². The Hall–Kier alpha value is -2.39. The standard InChI is InChI=1S/C11H10N2O6S/c1-7-6-8(20(17,18)19)2-3-9(7)13-10(14)4-5-12(13)11(15)16/h2-6H,1H3,(H,15,16)(H,17,18,19). The fraction of sp³-hybridized carbons (Fsp3) is 0.0909. The SMILES string of the molecule is Cc1cc(S(=O)(=O)O)ccc1-n1c(=O)ccn1C(=O)O. The van der Waals surface area contributed by atoms with Gasteiger partial charge in [-0.15, -0.1) is 0 Å². The number of aryl methyl sites for hydroxylation is 1. The van der Waals surface area contributed by atoms with Gasteiger partial charge in [-0.3, -0.25) is 9.35 Å². The van der Waals surface area contributed by atoms with Crippen molar-refractivity contribution >= 4 is 16.2 Å². The van der Waals surface area contributed by atoms with E-state index in [-0.39, 0.29) is 10.6 Å². The highest BCUT2D eigenvalue weighted by atomic mass is 32.2. The summed E-state index contributed by atoms with van der Waals surface area (Å²) in [7, 11) is -4.36. The summed E-state index contributed by atoms with van der Waals surface area (Å²) in [4.78, 5) is 22.4. The van der Waals surface area contributed by atoms with Crippen molar-refractivity contribution in [2.24, 2.45) is 0 Å². The van der Waals surface area contributed by atoms with Crippen molar-refractivity contribution in [3.8, 4) is 5.69 Å². The number of carboxylic acid groups (broad SMARTS) is 1. The molecule has 0 saturated heterocycles. The van der Waals surface area contributed by atoms with Gasteiger partial charge in [0, 0.05) is 12.3 Å². The summed E-state index contributed by atoms with van der Waals surface area (Å²) in [5.74, 6) is 0. The number of rotatable bonds is 2. The largest absolute Gasteiger partial charge is 0.463 e. The Morgan fingerprint density at radius 3 is 2.40 bits per heavy atom. The van der Waals surface area contributed by atoms with Gasteiger partial charge in [-0.25, -0.2) is 9.48 Å². The maximum atomic E-state index is 11.7. The maximum Gasteiger partial charge on any atom is 0.431 e. The Labute approximate surface area is 113 Å². The van der Waals surface area contributed by atoms with Crippen molar-refractivity contribution in [1.82, 2.24) is 9.36 Å². The highest BCUT2D eigenvalue weighted by Gasteiger charge is 2.16. The second-order valence-electron chi connectivity index (χ2n) is 4.02. The molecular weight excluding hydrogens is 288 g/mol. The first kappa shape index (κ1) is 14.0. The lowest BCUT2D eigenvalue weighted by atomic mass is 10.2. The van der Waals surface area contributed by atoms with E-state index in [0.717, 1.165) is 29.1 Å². The van der Waals surface area contributed by atoms with Gasteiger partial charge in [0.1, 0.15) is 0 Å². The lowest BCUT2D eigenvalue weighted by Crippen LogP contribution is -2.25. The summed E-state index contributed by atoms with van der Waals surface area (Å²) in [5, 5.41) is 8.98. The average molecular weight is 298 g/mol. The van der Waals surface area contributed by atoms with E-state index < -0.39 is 21.8 Å². The van der Waals surface area contributed by atoms with Crippen molar-refractivity contribution in [2.45, 2.75) is 11.8 Å². The van der Waals surface area contributed by atoms with Gasteiger partial charge < -0.3 is 5.11 Å².